The van der Waals surface area contributed by atoms with Gasteiger partial charge in [-0.15, -0.1) is 0 Å². The van der Waals surface area contributed by atoms with E-state index in [1.165, 1.54) is 180 Å². The number of carbonyl (C=O) groups excluding carboxylic acids is 2. The van der Waals surface area contributed by atoms with Crippen molar-refractivity contribution in [3.8, 4) is 0 Å². The van der Waals surface area contributed by atoms with Gasteiger partial charge in [-0.25, -0.2) is 9.59 Å². The van der Waals surface area contributed by atoms with Crippen molar-refractivity contribution in [2.24, 2.45) is 11.8 Å². The first kappa shape index (κ1) is 46.9. The Bertz CT molecular complexity index is 667. The highest BCUT2D eigenvalue weighted by Crippen LogP contribution is 2.32. The molecule has 6 nitrogen and oxygen atoms in total. The average molecular weight is 709 g/mol. The van der Waals surface area contributed by atoms with Gasteiger partial charge in [-0.2, -0.15) is 9.78 Å². The smallest absolute Gasteiger partial charge is 0.298 e. The summed E-state index contributed by atoms with van der Waals surface area (Å²) in [7, 11) is 0. The van der Waals surface area contributed by atoms with E-state index in [1.807, 2.05) is 0 Å². The van der Waals surface area contributed by atoms with Crippen LogP contribution >= 0.6 is 0 Å². The van der Waals surface area contributed by atoms with Crippen molar-refractivity contribution in [2.45, 2.75) is 245 Å². The first-order valence-electron chi connectivity index (χ1n) is 22.4. The van der Waals surface area contributed by atoms with Crippen LogP contribution in [-0.4, -0.2) is 25.2 Å². The Morgan fingerprint density at radius 1 is 0.360 bits per heavy atom. The van der Waals surface area contributed by atoms with Gasteiger partial charge in [-0.3, -0.25) is 9.78 Å². The van der Waals surface area contributed by atoms with Crippen LogP contribution in [0.5, 0.6) is 0 Å². The van der Waals surface area contributed by atoms with Gasteiger partial charge in [0.2, 0.25) is 0 Å². The highest BCUT2D eigenvalue weighted by molar-refractivity contribution is 5.81. The first-order chi connectivity index (χ1) is 24.7. The van der Waals surface area contributed by atoms with Gasteiger partial charge in [0.25, 0.3) is 0 Å². The number of hydrogen-bond donors (Lipinski definition) is 0. The Labute approximate surface area is 310 Å². The topological polar surface area (TPSA) is 71.1 Å². The Hall–Kier alpha value is -1.14. The van der Waals surface area contributed by atoms with E-state index in [-0.39, 0.29) is 0 Å². The lowest BCUT2D eigenvalue weighted by Crippen LogP contribution is -2.35. The Morgan fingerprint density at radius 2 is 0.580 bits per heavy atom. The van der Waals surface area contributed by atoms with E-state index in [2.05, 4.69) is 13.8 Å². The van der Waals surface area contributed by atoms with Crippen LogP contribution in [0.15, 0.2) is 0 Å². The Morgan fingerprint density at radius 3 is 0.820 bits per heavy atom. The molecule has 0 aliphatic heterocycles. The van der Waals surface area contributed by atoms with E-state index in [0.29, 0.717) is 26.1 Å². The zero-order valence-corrected chi connectivity index (χ0v) is 33.5. The fourth-order valence-corrected chi connectivity index (χ4v) is 7.44. The fraction of sp³-hybridized carbons (Fsp3) is 0.955. The molecule has 0 radical (unpaired) electrons. The maximum atomic E-state index is 12.7. The molecule has 0 aromatic carbocycles. The van der Waals surface area contributed by atoms with Crippen LogP contribution in [0.2, 0.25) is 0 Å². The van der Waals surface area contributed by atoms with Crippen molar-refractivity contribution in [2.75, 3.05) is 13.2 Å². The van der Waals surface area contributed by atoms with Crippen LogP contribution in [0, 0.1) is 11.8 Å². The molecule has 1 aliphatic rings. The summed E-state index contributed by atoms with van der Waals surface area (Å²) in [5.41, 5.74) is 0. The van der Waals surface area contributed by atoms with E-state index >= 15 is 0 Å². The SMILES string of the molecule is CCCCCCCCCCCCCCCCCCOOC(=O)C1CCCCC1C(=O)OOCCCCCCCCCCCCCCCCCC. The molecule has 2 atom stereocenters. The third-order valence-electron chi connectivity index (χ3n) is 10.8. The summed E-state index contributed by atoms with van der Waals surface area (Å²) >= 11 is 0. The van der Waals surface area contributed by atoms with Gasteiger partial charge in [-0.1, -0.05) is 219 Å². The molecule has 50 heavy (non-hydrogen) atoms. The summed E-state index contributed by atoms with van der Waals surface area (Å²) in [6.07, 6.45) is 45.3. The van der Waals surface area contributed by atoms with Crippen LogP contribution in [0.1, 0.15) is 245 Å². The van der Waals surface area contributed by atoms with Crippen molar-refractivity contribution < 1.29 is 29.1 Å². The third-order valence-corrected chi connectivity index (χ3v) is 10.8. The molecule has 0 aromatic heterocycles. The molecule has 1 fully saturated rings. The molecule has 0 aromatic rings. The maximum Gasteiger partial charge on any atom is 0.346 e. The minimum atomic E-state index is -0.513. The standard InChI is InChI=1S/C44H84O6/c1-3-5-7-9-11-13-15-17-19-21-23-25-27-29-31-35-39-47-49-43(45)41-37-33-34-38-42(41)44(46)50-48-40-36-32-30-28-26-24-22-20-18-16-14-12-10-8-6-4-2/h41-42H,3-40H2,1-2H3. The second-order valence-corrected chi connectivity index (χ2v) is 15.6. The zero-order chi connectivity index (χ0) is 36.0. The molecular formula is C44H84O6. The van der Waals surface area contributed by atoms with Crippen LogP contribution in [0.4, 0.5) is 0 Å². The monoisotopic (exact) mass is 709 g/mol. The second kappa shape index (κ2) is 37.6. The lowest BCUT2D eigenvalue weighted by molar-refractivity contribution is -0.286. The number of carbonyl (C=O) groups is 2. The predicted molar refractivity (Wildman–Crippen MR) is 209 cm³/mol. The highest BCUT2D eigenvalue weighted by Gasteiger charge is 2.39. The summed E-state index contributed by atoms with van der Waals surface area (Å²) in [6, 6.07) is 0. The summed E-state index contributed by atoms with van der Waals surface area (Å²) in [5, 5.41) is 0. The Balaban J connectivity index is 1.93. The Kier molecular flexibility index (Phi) is 35.3. The van der Waals surface area contributed by atoms with Crippen molar-refractivity contribution in [1.82, 2.24) is 0 Å². The molecule has 0 bridgehead atoms. The van der Waals surface area contributed by atoms with Gasteiger partial charge in [0.1, 0.15) is 0 Å². The average Bonchev–Trinajstić information content (AvgIpc) is 3.13. The number of unbranched alkanes of at least 4 members (excludes halogenated alkanes) is 30. The fourth-order valence-electron chi connectivity index (χ4n) is 7.44. The van der Waals surface area contributed by atoms with E-state index in [4.69, 9.17) is 19.6 Å². The van der Waals surface area contributed by atoms with Crippen molar-refractivity contribution in [1.29, 1.82) is 0 Å². The molecule has 1 saturated carbocycles. The van der Waals surface area contributed by atoms with Crippen LogP contribution < -0.4 is 0 Å². The third kappa shape index (κ3) is 29.4. The summed E-state index contributed by atoms with van der Waals surface area (Å²) in [4.78, 5) is 46.3. The van der Waals surface area contributed by atoms with E-state index in [0.717, 1.165) is 38.5 Å². The van der Waals surface area contributed by atoms with Gasteiger partial charge < -0.3 is 0 Å². The maximum absolute atomic E-state index is 12.7. The highest BCUT2D eigenvalue weighted by atomic mass is 17.2. The summed E-state index contributed by atoms with van der Waals surface area (Å²) in [6.45, 7) is 5.38. The van der Waals surface area contributed by atoms with Crippen molar-refractivity contribution >= 4 is 11.9 Å². The molecule has 1 rings (SSSR count). The number of hydrogen-bond acceptors (Lipinski definition) is 6. The molecule has 0 heterocycles. The van der Waals surface area contributed by atoms with Gasteiger partial charge in [0, 0.05) is 0 Å². The normalized spacial score (nSPS) is 16.1. The minimum absolute atomic E-state index is 0.411. The molecular weight excluding hydrogens is 624 g/mol. The van der Waals surface area contributed by atoms with Crippen LogP contribution in [0.3, 0.4) is 0 Å². The largest absolute Gasteiger partial charge is 0.346 e. The van der Waals surface area contributed by atoms with Crippen LogP contribution in [0.25, 0.3) is 0 Å². The molecule has 296 valence electrons. The molecule has 0 amide bonds. The molecule has 6 heteroatoms. The van der Waals surface area contributed by atoms with E-state index in [1.54, 1.807) is 0 Å². The summed E-state index contributed by atoms with van der Waals surface area (Å²) < 4.78 is 0. The second-order valence-electron chi connectivity index (χ2n) is 15.6. The molecule has 0 N–H and O–H groups in total. The predicted octanol–water partition coefficient (Wildman–Crippen LogP) is 14.3. The van der Waals surface area contributed by atoms with E-state index < -0.39 is 23.8 Å². The van der Waals surface area contributed by atoms with Gasteiger partial charge in [-0.05, 0) is 25.7 Å². The zero-order valence-electron chi connectivity index (χ0n) is 33.5. The van der Waals surface area contributed by atoms with Crippen LogP contribution in [-0.2, 0) is 29.1 Å². The molecule has 1 aliphatic carbocycles. The van der Waals surface area contributed by atoms with Crippen molar-refractivity contribution in [3.05, 3.63) is 0 Å². The minimum Gasteiger partial charge on any atom is -0.298 e. The lowest BCUT2D eigenvalue weighted by Gasteiger charge is -2.26. The van der Waals surface area contributed by atoms with Gasteiger partial charge in [0.05, 0.1) is 25.0 Å². The van der Waals surface area contributed by atoms with Gasteiger partial charge >= 0.3 is 11.9 Å². The number of rotatable bonds is 38. The van der Waals surface area contributed by atoms with Gasteiger partial charge in [0.15, 0.2) is 0 Å². The van der Waals surface area contributed by atoms with E-state index in [9.17, 15) is 9.59 Å². The quantitative estimate of drug-likeness (QED) is 0.0361. The van der Waals surface area contributed by atoms with Crippen molar-refractivity contribution in [3.63, 3.8) is 0 Å². The molecule has 0 saturated heterocycles. The molecule has 0 spiro atoms. The molecule has 2 unspecified atom stereocenters. The summed E-state index contributed by atoms with van der Waals surface area (Å²) in [5.74, 6) is -1.91. The first-order valence-corrected chi connectivity index (χ1v) is 22.4. The lowest BCUT2D eigenvalue weighted by atomic mass is 9.79.